The lowest BCUT2D eigenvalue weighted by Gasteiger charge is -2.17. The lowest BCUT2D eigenvalue weighted by Crippen LogP contribution is -2.37. The molecule has 1 heterocycles. The fraction of sp³-hybridized carbons (Fsp3) is 0.625. The van der Waals surface area contributed by atoms with Crippen LogP contribution in [0, 0.1) is 0 Å². The van der Waals surface area contributed by atoms with E-state index >= 15 is 0 Å². The summed E-state index contributed by atoms with van der Waals surface area (Å²) in [5.41, 5.74) is 0. The number of hydrogen-bond donors (Lipinski definition) is 1. The van der Waals surface area contributed by atoms with Gasteiger partial charge in [0.2, 0.25) is 5.91 Å². The number of rotatable bonds is 1. The highest BCUT2D eigenvalue weighted by atomic mass is 16.2. The lowest BCUT2D eigenvalue weighted by molar-refractivity contribution is -0.119. The zero-order chi connectivity index (χ0) is 8.85. The Morgan fingerprint density at radius 3 is 2.27 bits per heavy atom. The van der Waals surface area contributed by atoms with Crippen LogP contribution in [0.4, 0.5) is 0 Å². The van der Waals surface area contributed by atoms with E-state index in [2.05, 4.69) is 18.5 Å². The Hall–Kier alpha value is -0.830. The highest BCUT2D eigenvalue weighted by Gasteiger charge is 2.21. The lowest BCUT2D eigenvalue weighted by atomic mass is 10.3. The van der Waals surface area contributed by atoms with Crippen molar-refractivity contribution in [2.24, 2.45) is 0 Å². The van der Waals surface area contributed by atoms with Crippen molar-refractivity contribution < 1.29 is 4.79 Å². The van der Waals surface area contributed by atoms with Crippen molar-refractivity contribution in [2.45, 2.75) is 19.0 Å². The first-order valence-electron chi connectivity index (χ1n) is 3.66. The van der Waals surface area contributed by atoms with Crippen LogP contribution in [-0.4, -0.2) is 31.1 Å². The zero-order valence-electron chi connectivity index (χ0n) is 7.26. The van der Waals surface area contributed by atoms with Crippen LogP contribution >= 0.6 is 0 Å². The molecule has 1 N–H and O–H groups in total. The smallest absolute Gasteiger partial charge is 0.221 e. The molecule has 0 aromatic heterocycles. The third-order valence-corrected chi connectivity index (χ3v) is 1.60. The summed E-state index contributed by atoms with van der Waals surface area (Å²) in [4.78, 5) is 12.6. The quantitative estimate of drug-likeness (QED) is 0.563. The topological polar surface area (TPSA) is 32.3 Å². The molecule has 0 aromatic rings. The van der Waals surface area contributed by atoms with Crippen molar-refractivity contribution >= 4 is 5.91 Å². The van der Waals surface area contributed by atoms with Crippen molar-refractivity contribution in [2.75, 3.05) is 14.1 Å². The van der Waals surface area contributed by atoms with Gasteiger partial charge >= 0.3 is 0 Å². The van der Waals surface area contributed by atoms with Crippen LogP contribution in [0.15, 0.2) is 13.2 Å². The number of nitrogens with one attached hydrogen (secondary N) is 1. The minimum Gasteiger partial charge on any atom is -0.341 e. The average molecular weight is 156 g/mol. The van der Waals surface area contributed by atoms with E-state index in [-0.39, 0.29) is 12.1 Å². The van der Waals surface area contributed by atoms with Gasteiger partial charge in [0.15, 0.2) is 0 Å². The van der Waals surface area contributed by atoms with Crippen LogP contribution < -0.4 is 5.32 Å². The molecule has 1 unspecified atom stereocenters. The Labute approximate surface area is 68.1 Å². The molecular formula is C8H16N2O. The maximum Gasteiger partial charge on any atom is 0.221 e. The molecule has 1 amide bonds. The zero-order valence-corrected chi connectivity index (χ0v) is 7.26. The molecule has 1 fully saturated rings. The normalized spacial score (nSPS) is 22.5. The maximum absolute atomic E-state index is 10.6. The molecule has 0 spiro atoms. The minimum atomic E-state index is 0.175. The Morgan fingerprint density at radius 2 is 2.09 bits per heavy atom. The summed E-state index contributed by atoms with van der Waals surface area (Å²) in [6.07, 6.45) is 1.91. The standard InChI is InChI=1S/C6H12N2O.C2H4/c1-8(2)5-3-4-6(9)7-5;1-2/h5H,3-4H2,1-2H3,(H,7,9);1-2H2. The van der Waals surface area contributed by atoms with Crippen LogP contribution in [0.1, 0.15) is 12.8 Å². The molecule has 0 saturated carbocycles. The molecule has 0 aromatic carbocycles. The van der Waals surface area contributed by atoms with E-state index in [4.69, 9.17) is 0 Å². The largest absolute Gasteiger partial charge is 0.341 e. The van der Waals surface area contributed by atoms with Gasteiger partial charge in [-0.3, -0.25) is 9.69 Å². The predicted molar refractivity (Wildman–Crippen MR) is 46.1 cm³/mol. The molecule has 3 nitrogen and oxygen atoms in total. The van der Waals surface area contributed by atoms with E-state index in [1.807, 2.05) is 19.0 Å². The third kappa shape index (κ3) is 3.18. The molecule has 1 aliphatic heterocycles. The summed E-state index contributed by atoms with van der Waals surface area (Å²) in [7, 11) is 3.94. The van der Waals surface area contributed by atoms with E-state index in [0.717, 1.165) is 6.42 Å². The molecule has 0 radical (unpaired) electrons. The van der Waals surface area contributed by atoms with Gasteiger partial charge in [-0.1, -0.05) is 0 Å². The van der Waals surface area contributed by atoms with E-state index < -0.39 is 0 Å². The molecule has 1 saturated heterocycles. The first kappa shape index (κ1) is 10.2. The number of carbonyl (C=O) groups is 1. The van der Waals surface area contributed by atoms with Gasteiger partial charge in [-0.15, -0.1) is 13.2 Å². The molecule has 0 bridgehead atoms. The predicted octanol–water partition coefficient (Wildman–Crippen LogP) is 0.586. The number of carbonyl (C=O) groups excluding carboxylic acids is 1. The summed E-state index contributed by atoms with van der Waals surface area (Å²) < 4.78 is 0. The van der Waals surface area contributed by atoms with Crippen LogP contribution in [0.2, 0.25) is 0 Å². The van der Waals surface area contributed by atoms with Crippen molar-refractivity contribution in [1.29, 1.82) is 0 Å². The highest BCUT2D eigenvalue weighted by Crippen LogP contribution is 2.07. The fourth-order valence-corrected chi connectivity index (χ4v) is 0.985. The summed E-state index contributed by atoms with van der Waals surface area (Å²) >= 11 is 0. The molecular weight excluding hydrogens is 140 g/mol. The summed E-state index contributed by atoms with van der Waals surface area (Å²) in [5, 5.41) is 2.84. The molecule has 1 atom stereocenters. The van der Waals surface area contributed by atoms with E-state index in [0.29, 0.717) is 6.42 Å². The maximum atomic E-state index is 10.6. The van der Waals surface area contributed by atoms with Gasteiger partial charge in [0.05, 0.1) is 6.17 Å². The third-order valence-electron chi connectivity index (χ3n) is 1.60. The Morgan fingerprint density at radius 1 is 1.55 bits per heavy atom. The molecule has 11 heavy (non-hydrogen) atoms. The molecule has 1 rings (SSSR count). The second kappa shape index (κ2) is 4.91. The van der Waals surface area contributed by atoms with Crippen LogP contribution in [0.3, 0.4) is 0 Å². The van der Waals surface area contributed by atoms with E-state index in [9.17, 15) is 4.79 Å². The summed E-state index contributed by atoms with van der Waals surface area (Å²) in [6, 6.07) is 0. The molecule has 64 valence electrons. The average Bonchev–Trinajstić information content (AvgIpc) is 2.40. The van der Waals surface area contributed by atoms with Gasteiger partial charge in [0, 0.05) is 6.42 Å². The van der Waals surface area contributed by atoms with Crippen molar-refractivity contribution in [3.8, 4) is 0 Å². The SMILES string of the molecule is C=C.CN(C)C1CCC(=O)N1. The Balaban J connectivity index is 0.000000461. The Bertz CT molecular complexity index is 134. The van der Waals surface area contributed by atoms with Gasteiger partial charge < -0.3 is 5.32 Å². The molecule has 0 aliphatic carbocycles. The van der Waals surface area contributed by atoms with E-state index in [1.165, 1.54) is 0 Å². The second-order valence-electron chi connectivity index (χ2n) is 2.59. The first-order valence-corrected chi connectivity index (χ1v) is 3.66. The van der Waals surface area contributed by atoms with Gasteiger partial charge in [-0.25, -0.2) is 0 Å². The second-order valence-corrected chi connectivity index (χ2v) is 2.59. The number of amides is 1. The van der Waals surface area contributed by atoms with Gasteiger partial charge in [-0.05, 0) is 20.5 Å². The fourth-order valence-electron chi connectivity index (χ4n) is 0.985. The van der Waals surface area contributed by atoms with Crippen molar-refractivity contribution in [3.63, 3.8) is 0 Å². The summed E-state index contributed by atoms with van der Waals surface area (Å²) in [6.45, 7) is 6.00. The summed E-state index contributed by atoms with van der Waals surface area (Å²) in [5.74, 6) is 0.175. The van der Waals surface area contributed by atoms with E-state index in [1.54, 1.807) is 0 Å². The number of nitrogens with zero attached hydrogens (tertiary/aromatic N) is 1. The monoisotopic (exact) mass is 156 g/mol. The number of hydrogen-bond acceptors (Lipinski definition) is 2. The van der Waals surface area contributed by atoms with Crippen LogP contribution in [0.5, 0.6) is 0 Å². The first-order chi connectivity index (χ1) is 5.20. The van der Waals surface area contributed by atoms with Gasteiger partial charge in [0.1, 0.15) is 0 Å². The molecule has 3 heteroatoms. The molecule has 1 aliphatic rings. The van der Waals surface area contributed by atoms with Gasteiger partial charge in [-0.2, -0.15) is 0 Å². The van der Waals surface area contributed by atoms with Crippen molar-refractivity contribution in [1.82, 2.24) is 10.2 Å². The van der Waals surface area contributed by atoms with Gasteiger partial charge in [0.25, 0.3) is 0 Å². The van der Waals surface area contributed by atoms with Crippen molar-refractivity contribution in [3.05, 3.63) is 13.2 Å². The van der Waals surface area contributed by atoms with Crippen LogP contribution in [-0.2, 0) is 4.79 Å². The highest BCUT2D eigenvalue weighted by molar-refractivity contribution is 5.78. The Kier molecular flexibility index (Phi) is 4.54. The minimum absolute atomic E-state index is 0.175. The van der Waals surface area contributed by atoms with Crippen LogP contribution in [0.25, 0.3) is 0 Å².